The number of carbonyl (C=O) groups excluding carboxylic acids is 1. The fourth-order valence-electron chi connectivity index (χ4n) is 3.92. The molecule has 1 aliphatic rings. The van der Waals surface area contributed by atoms with E-state index in [9.17, 15) is 14.7 Å². The lowest BCUT2D eigenvalue weighted by molar-refractivity contribution is -0.128. The van der Waals surface area contributed by atoms with Gasteiger partial charge in [-0.1, -0.05) is 49.1 Å². The summed E-state index contributed by atoms with van der Waals surface area (Å²) >= 11 is 1.14. The van der Waals surface area contributed by atoms with E-state index in [1.54, 1.807) is 17.0 Å². The van der Waals surface area contributed by atoms with E-state index in [0.29, 0.717) is 24.3 Å². The van der Waals surface area contributed by atoms with Crippen LogP contribution >= 0.6 is 11.3 Å². The minimum absolute atomic E-state index is 0.100. The number of rotatable bonds is 9. The van der Waals surface area contributed by atoms with Gasteiger partial charge in [-0.25, -0.2) is 4.79 Å². The molecule has 6 heteroatoms. The Bertz CT molecular complexity index is 943. The molecule has 1 amide bonds. The zero-order chi connectivity index (χ0) is 22.2. The Morgan fingerprint density at radius 1 is 1.23 bits per heavy atom. The molecule has 5 nitrogen and oxygen atoms in total. The van der Waals surface area contributed by atoms with Crippen LogP contribution in [0.3, 0.4) is 0 Å². The molecule has 3 atom stereocenters. The number of aliphatic hydroxyl groups is 1. The van der Waals surface area contributed by atoms with E-state index >= 15 is 0 Å². The summed E-state index contributed by atoms with van der Waals surface area (Å²) in [6.07, 6.45) is 4.27. The van der Waals surface area contributed by atoms with Crippen molar-refractivity contribution in [1.82, 2.24) is 4.90 Å². The van der Waals surface area contributed by atoms with Gasteiger partial charge in [-0.15, -0.1) is 11.3 Å². The highest BCUT2D eigenvalue weighted by Gasteiger charge is 2.30. The van der Waals surface area contributed by atoms with Crippen molar-refractivity contribution in [2.24, 2.45) is 5.92 Å². The lowest BCUT2D eigenvalue weighted by atomic mass is 9.92. The molecule has 3 rings (SSSR count). The summed E-state index contributed by atoms with van der Waals surface area (Å²) in [7, 11) is 0. The van der Waals surface area contributed by atoms with Gasteiger partial charge in [0.1, 0.15) is 4.88 Å². The summed E-state index contributed by atoms with van der Waals surface area (Å²) in [5, 5.41) is 19.6. The van der Waals surface area contributed by atoms with Crippen molar-refractivity contribution < 1.29 is 19.8 Å². The molecule has 1 aromatic heterocycles. The Morgan fingerprint density at radius 3 is 2.71 bits per heavy atom. The summed E-state index contributed by atoms with van der Waals surface area (Å²) in [5.41, 5.74) is 1.29. The number of likely N-dealkylation sites (tertiary alicyclic amines) is 1. The summed E-state index contributed by atoms with van der Waals surface area (Å²) < 4.78 is 0. The average molecular weight is 440 g/mol. The molecule has 1 aliphatic heterocycles. The monoisotopic (exact) mass is 439 g/mol. The Balaban J connectivity index is 1.47. The van der Waals surface area contributed by atoms with Crippen LogP contribution in [-0.2, 0) is 11.2 Å². The van der Waals surface area contributed by atoms with Gasteiger partial charge in [-0.05, 0) is 55.7 Å². The van der Waals surface area contributed by atoms with Crippen molar-refractivity contribution in [3.05, 3.63) is 57.8 Å². The molecule has 1 saturated heterocycles. The van der Waals surface area contributed by atoms with Gasteiger partial charge in [0.05, 0.1) is 17.5 Å². The quantitative estimate of drug-likeness (QED) is 0.574. The van der Waals surface area contributed by atoms with Gasteiger partial charge in [0.25, 0.3) is 0 Å². The van der Waals surface area contributed by atoms with Crippen LogP contribution in [0, 0.1) is 17.8 Å². The molecule has 0 bridgehead atoms. The first-order chi connectivity index (χ1) is 14.9. The predicted octanol–water partition coefficient (Wildman–Crippen LogP) is 4.20. The second-order valence-corrected chi connectivity index (χ2v) is 9.21. The molecule has 0 spiro atoms. The third kappa shape index (κ3) is 6.68. The zero-order valence-corrected chi connectivity index (χ0v) is 18.6. The van der Waals surface area contributed by atoms with Crippen LogP contribution in [0.5, 0.6) is 0 Å². The molecule has 1 unspecified atom stereocenters. The first kappa shape index (κ1) is 23.1. The second kappa shape index (κ2) is 11.1. The zero-order valence-electron chi connectivity index (χ0n) is 17.8. The number of aryl methyl sites for hydroxylation is 1. The largest absolute Gasteiger partial charge is 0.477 e. The average Bonchev–Trinajstić information content (AvgIpc) is 3.38. The van der Waals surface area contributed by atoms with Crippen LogP contribution in [-0.4, -0.2) is 45.7 Å². The minimum Gasteiger partial charge on any atom is -0.477 e. The Kier molecular flexibility index (Phi) is 8.27. The van der Waals surface area contributed by atoms with Gasteiger partial charge in [-0.3, -0.25) is 4.79 Å². The molecule has 2 aromatic rings. The summed E-state index contributed by atoms with van der Waals surface area (Å²) in [6.45, 7) is 2.42. The Hall–Kier alpha value is -2.62. The third-order valence-electron chi connectivity index (χ3n) is 5.91. The molecule has 164 valence electrons. The smallest absolute Gasteiger partial charge is 0.345 e. The molecule has 0 radical (unpaired) electrons. The van der Waals surface area contributed by atoms with Crippen LogP contribution < -0.4 is 0 Å². The van der Waals surface area contributed by atoms with Crippen LogP contribution in [0.1, 0.15) is 59.1 Å². The molecule has 0 aliphatic carbocycles. The van der Waals surface area contributed by atoms with Gasteiger partial charge in [0, 0.05) is 12.5 Å². The second-order valence-electron chi connectivity index (χ2n) is 8.13. The van der Waals surface area contributed by atoms with Gasteiger partial charge in [0.2, 0.25) is 5.91 Å². The highest BCUT2D eigenvalue weighted by atomic mass is 32.1. The number of aromatic carboxylic acids is 1. The normalized spacial score (nSPS) is 17.8. The highest BCUT2D eigenvalue weighted by molar-refractivity contribution is 7.14. The number of benzene rings is 1. The van der Waals surface area contributed by atoms with E-state index in [4.69, 9.17) is 5.11 Å². The lowest BCUT2D eigenvalue weighted by Gasteiger charge is -2.25. The molecule has 2 heterocycles. The summed E-state index contributed by atoms with van der Waals surface area (Å²) in [5.74, 6) is 5.33. The first-order valence-electron chi connectivity index (χ1n) is 10.8. The van der Waals surface area contributed by atoms with Crippen LogP contribution in [0.25, 0.3) is 0 Å². The fraction of sp³-hybridized carbons (Fsp3) is 0.440. The first-order valence-corrected chi connectivity index (χ1v) is 11.6. The molecular formula is C25H29NO4S. The molecule has 0 saturated carbocycles. The Labute approximate surface area is 187 Å². The summed E-state index contributed by atoms with van der Waals surface area (Å²) in [6, 6.07) is 13.6. The van der Waals surface area contributed by atoms with E-state index in [1.165, 1.54) is 5.56 Å². The van der Waals surface area contributed by atoms with Gasteiger partial charge in [0.15, 0.2) is 0 Å². The number of hydrogen-bond donors (Lipinski definition) is 2. The highest BCUT2D eigenvalue weighted by Crippen LogP contribution is 2.25. The molecular weight excluding hydrogens is 410 g/mol. The topological polar surface area (TPSA) is 77.8 Å². The van der Waals surface area contributed by atoms with Crippen LogP contribution in [0.2, 0.25) is 0 Å². The maximum atomic E-state index is 12.3. The van der Waals surface area contributed by atoms with Crippen molar-refractivity contribution in [1.29, 1.82) is 0 Å². The standard InChI is InChI=1S/C25H29NO4S/c1-18(9-10-19-6-3-2-4-7-19)22(27)14-11-20-12-16-24(28)26(20)17-5-8-21-13-15-23(31-21)25(29)30/h2-4,6-7,13,15,18,20,22,27H,9-12,14,16-17H2,1H3,(H,29,30)/t18-,20?,22+/m0/s1. The van der Waals surface area contributed by atoms with Crippen molar-refractivity contribution in [2.45, 2.75) is 57.6 Å². The van der Waals surface area contributed by atoms with Crippen molar-refractivity contribution in [2.75, 3.05) is 6.54 Å². The number of carbonyl (C=O) groups is 2. The number of carboxylic acids is 1. The number of hydrogen-bond acceptors (Lipinski definition) is 4. The van der Waals surface area contributed by atoms with Crippen LogP contribution in [0.4, 0.5) is 0 Å². The number of thiophene rings is 1. The van der Waals surface area contributed by atoms with Crippen LogP contribution in [0.15, 0.2) is 42.5 Å². The van der Waals surface area contributed by atoms with Gasteiger partial charge >= 0.3 is 5.97 Å². The van der Waals surface area contributed by atoms with Gasteiger partial charge in [-0.2, -0.15) is 0 Å². The number of nitrogens with zero attached hydrogens (tertiary/aromatic N) is 1. The summed E-state index contributed by atoms with van der Waals surface area (Å²) in [4.78, 5) is 26.0. The minimum atomic E-state index is -0.954. The van der Waals surface area contributed by atoms with E-state index in [1.807, 2.05) is 18.2 Å². The molecule has 31 heavy (non-hydrogen) atoms. The van der Waals surface area contributed by atoms with E-state index in [-0.39, 0.29) is 28.8 Å². The number of carboxylic acid groups (broad SMARTS) is 1. The molecule has 1 fully saturated rings. The van der Waals surface area contributed by atoms with Crippen molar-refractivity contribution >= 4 is 23.2 Å². The van der Waals surface area contributed by atoms with E-state index in [0.717, 1.165) is 37.0 Å². The predicted molar refractivity (Wildman–Crippen MR) is 122 cm³/mol. The van der Waals surface area contributed by atoms with E-state index < -0.39 is 5.97 Å². The number of amides is 1. The Morgan fingerprint density at radius 2 is 2.00 bits per heavy atom. The lowest BCUT2D eigenvalue weighted by Crippen LogP contribution is -2.34. The maximum absolute atomic E-state index is 12.3. The molecule has 2 N–H and O–H groups in total. The van der Waals surface area contributed by atoms with Crippen molar-refractivity contribution in [3.63, 3.8) is 0 Å². The fourth-order valence-corrected chi connectivity index (χ4v) is 4.64. The van der Waals surface area contributed by atoms with Crippen molar-refractivity contribution in [3.8, 4) is 11.8 Å². The third-order valence-corrected chi connectivity index (χ3v) is 6.90. The van der Waals surface area contributed by atoms with E-state index in [2.05, 4.69) is 30.9 Å². The molecule has 1 aromatic carbocycles. The number of aliphatic hydroxyl groups excluding tert-OH is 1. The maximum Gasteiger partial charge on any atom is 0.345 e. The SMILES string of the molecule is C[C@@H](CCc1ccccc1)[C@H](O)CCC1CCC(=O)N1CC#Cc1ccc(C(=O)O)s1. The van der Waals surface area contributed by atoms with Gasteiger partial charge < -0.3 is 15.1 Å².